The molecule has 0 aromatic rings. The first-order valence-corrected chi connectivity index (χ1v) is 7.18. The van der Waals surface area contributed by atoms with E-state index in [9.17, 15) is 9.79 Å². The topological polar surface area (TPSA) is 46.1 Å². The summed E-state index contributed by atoms with van der Waals surface area (Å²) in [5.74, 6) is 0.643. The quantitative estimate of drug-likeness (QED) is 0.302. The molecule has 0 spiro atoms. The fraction of sp³-hybridized carbons (Fsp3) is 1.00. The van der Waals surface area contributed by atoms with Crippen LogP contribution in [-0.2, 0) is 22.3 Å². The van der Waals surface area contributed by atoms with Crippen molar-refractivity contribution < 1.29 is 9.79 Å². The van der Waals surface area contributed by atoms with Gasteiger partial charge in [-0.05, 0) is 12.0 Å². The fourth-order valence-electron chi connectivity index (χ4n) is 0.158. The molecule has 0 fully saturated rings. The summed E-state index contributed by atoms with van der Waals surface area (Å²) in [4.78, 5) is 20.8. The average molecular weight is 198 g/mol. The third-order valence-electron chi connectivity index (χ3n) is 0.799. The molecule has 0 bridgehead atoms. The van der Waals surface area contributed by atoms with Crippen molar-refractivity contribution in [2.24, 2.45) is 0 Å². The zero-order valence-corrected chi connectivity index (χ0v) is 9.05. The molecule has 1 unspecified atom stereocenters. The van der Waals surface area contributed by atoms with Crippen molar-refractivity contribution in [2.75, 3.05) is 12.0 Å². The predicted molar refractivity (Wildman–Crippen MR) is 43.9 cm³/mol. The maximum atomic E-state index is 10.4. The first-order chi connectivity index (χ1) is 3.48. The third kappa shape index (κ3) is 6.00. The Hall–Kier alpha value is 1.58. The van der Waals surface area contributed by atoms with Crippen molar-refractivity contribution in [3.63, 3.8) is 0 Å². The summed E-state index contributed by atoms with van der Waals surface area (Å²) >= 11 is 4.22. The van der Waals surface area contributed by atoms with Gasteiger partial charge in [0, 0.05) is 0 Å². The van der Waals surface area contributed by atoms with E-state index in [0.29, 0.717) is 5.75 Å². The van der Waals surface area contributed by atoms with E-state index in [0.717, 1.165) is 0 Å². The van der Waals surface area contributed by atoms with Crippen molar-refractivity contribution in [1.82, 2.24) is 0 Å². The molecule has 0 aliphatic rings. The predicted octanol–water partition coefficient (Wildman–Crippen LogP) is -1.18. The fourth-order valence-corrected chi connectivity index (χ4v) is 2.37. The molecule has 0 aliphatic heterocycles. The maximum Gasteiger partial charge on any atom is 3.00 e. The van der Waals surface area contributed by atoms with Gasteiger partial charge in [0.25, 0.3) is 0 Å². The van der Waals surface area contributed by atoms with Crippen LogP contribution in [0, 0.1) is 0 Å². The Bertz CT molecular complexity index is 124. The van der Waals surface area contributed by atoms with Gasteiger partial charge in [0.05, 0.1) is 0 Å². The van der Waals surface area contributed by atoms with Crippen molar-refractivity contribution in [1.29, 1.82) is 0 Å². The van der Waals surface area contributed by atoms with Crippen LogP contribution in [0.1, 0.15) is 6.92 Å². The van der Waals surface area contributed by atoms with Crippen LogP contribution in [0.3, 0.4) is 0 Å². The summed E-state index contributed by atoms with van der Waals surface area (Å²) in [6.07, 6.45) is 1.65. The minimum atomic E-state index is -3.40. The van der Waals surface area contributed by atoms with Gasteiger partial charge >= 0.3 is 17.4 Å². The van der Waals surface area contributed by atoms with Crippen LogP contribution in [0.2, 0.25) is 0 Å². The SMILES string of the molecule is CCS(C)=P([O-])([O-])[S-].[Al+3]. The van der Waals surface area contributed by atoms with Gasteiger partial charge in [0.1, 0.15) is 0 Å². The smallest absolute Gasteiger partial charge is 0.854 e. The molecule has 0 aromatic carbocycles. The molecule has 0 heterocycles. The Balaban J connectivity index is 0. The maximum absolute atomic E-state index is 10.4. The normalized spacial score (nSPS) is 14.3. The zero-order chi connectivity index (χ0) is 6.78. The molecule has 52 valence electrons. The molecule has 0 amide bonds. The van der Waals surface area contributed by atoms with Gasteiger partial charge in [0.15, 0.2) is 0 Å². The molecule has 1 atom stereocenters. The molecular formula is C3H8AlO2PS2. The summed E-state index contributed by atoms with van der Waals surface area (Å²) in [7, 11) is -0.579. The summed E-state index contributed by atoms with van der Waals surface area (Å²) in [6.45, 7) is 1.82. The van der Waals surface area contributed by atoms with E-state index in [4.69, 9.17) is 0 Å². The molecule has 0 aromatic heterocycles. The second-order valence-corrected chi connectivity index (χ2v) is 9.46. The molecular weight excluding hydrogens is 190 g/mol. The summed E-state index contributed by atoms with van der Waals surface area (Å²) in [6, 6.07) is 0. The molecule has 0 radical (unpaired) electrons. The van der Waals surface area contributed by atoms with E-state index in [1.165, 1.54) is 0 Å². The third-order valence-corrected chi connectivity index (χ3v) is 7.75. The van der Waals surface area contributed by atoms with Crippen LogP contribution >= 0.6 is 5.69 Å². The minimum Gasteiger partial charge on any atom is -0.854 e. The van der Waals surface area contributed by atoms with Crippen molar-refractivity contribution >= 4 is 45.4 Å². The van der Waals surface area contributed by atoms with E-state index >= 15 is 0 Å². The van der Waals surface area contributed by atoms with Crippen LogP contribution in [0.25, 0.3) is 0 Å². The van der Waals surface area contributed by atoms with Crippen LogP contribution in [0.15, 0.2) is 0 Å². The van der Waals surface area contributed by atoms with Gasteiger partial charge < -0.3 is 27.7 Å². The van der Waals surface area contributed by atoms with Crippen LogP contribution < -0.4 is 9.79 Å². The van der Waals surface area contributed by atoms with Gasteiger partial charge in [-0.25, -0.2) is 10.1 Å². The minimum absolute atomic E-state index is 0. The standard InChI is InChI=1S/C3H8O2PS2.Al/c1-3-8(2)6(4,5)7;/h3H2,1-2H3;/q-3;+3. The second-order valence-electron chi connectivity index (χ2n) is 1.34. The molecule has 0 N–H and O–H groups in total. The van der Waals surface area contributed by atoms with Crippen molar-refractivity contribution in [2.45, 2.75) is 6.92 Å². The summed E-state index contributed by atoms with van der Waals surface area (Å²) in [5.41, 5.74) is -3.40. The molecule has 0 saturated carbocycles. The first kappa shape index (κ1) is 13.2. The molecule has 0 rings (SSSR count). The molecule has 9 heavy (non-hydrogen) atoms. The van der Waals surface area contributed by atoms with Gasteiger partial charge in [-0.1, -0.05) is 6.92 Å². The summed E-state index contributed by atoms with van der Waals surface area (Å²) < 4.78 is 0. The largest absolute Gasteiger partial charge is 3.00 e. The Morgan fingerprint density at radius 1 is 1.56 bits per heavy atom. The zero-order valence-electron chi connectivity index (χ0n) is 5.36. The van der Waals surface area contributed by atoms with E-state index < -0.39 is 15.8 Å². The molecule has 6 heteroatoms. The van der Waals surface area contributed by atoms with Gasteiger partial charge in [-0.3, -0.25) is 0 Å². The number of hydrogen-bond acceptors (Lipinski definition) is 3. The first-order valence-electron chi connectivity index (χ1n) is 2.13. The number of hydrogen-bond donors (Lipinski definition) is 0. The van der Waals surface area contributed by atoms with E-state index in [2.05, 4.69) is 12.2 Å². The summed E-state index contributed by atoms with van der Waals surface area (Å²) in [5, 5.41) is 0. The van der Waals surface area contributed by atoms with Crippen LogP contribution in [-0.4, -0.2) is 29.4 Å². The van der Waals surface area contributed by atoms with E-state index in [1.54, 1.807) is 6.26 Å². The van der Waals surface area contributed by atoms with E-state index in [1.807, 2.05) is 6.92 Å². The molecule has 2 nitrogen and oxygen atoms in total. The Morgan fingerprint density at radius 2 is 1.89 bits per heavy atom. The van der Waals surface area contributed by atoms with Crippen LogP contribution in [0.5, 0.6) is 0 Å². The second kappa shape index (κ2) is 5.26. The molecule has 0 saturated heterocycles. The monoisotopic (exact) mass is 198 g/mol. The van der Waals surface area contributed by atoms with E-state index in [-0.39, 0.29) is 17.4 Å². The van der Waals surface area contributed by atoms with Gasteiger partial charge in [-0.2, -0.15) is 0 Å². The van der Waals surface area contributed by atoms with Gasteiger partial charge in [-0.15, -0.1) is 0 Å². The van der Waals surface area contributed by atoms with Crippen molar-refractivity contribution in [3.05, 3.63) is 0 Å². The molecule has 0 aliphatic carbocycles. The van der Waals surface area contributed by atoms with Crippen molar-refractivity contribution in [3.8, 4) is 0 Å². The average Bonchev–Trinajstić information content (AvgIpc) is 1.62. The Kier molecular flexibility index (Phi) is 7.71. The Morgan fingerprint density at radius 3 is 1.89 bits per heavy atom. The van der Waals surface area contributed by atoms with Gasteiger partial charge in [0.2, 0.25) is 0 Å². The van der Waals surface area contributed by atoms with Crippen LogP contribution in [0.4, 0.5) is 0 Å². The Labute approximate surface area is 74.1 Å². The number of rotatable bonds is 1.